The first-order valence-electron chi connectivity index (χ1n) is 4.05. The van der Waals surface area contributed by atoms with Crippen LogP contribution in [0.15, 0.2) is 30.3 Å². The molecule has 0 saturated heterocycles. The van der Waals surface area contributed by atoms with Crippen molar-refractivity contribution in [3.63, 3.8) is 0 Å². The summed E-state index contributed by atoms with van der Waals surface area (Å²) >= 11 is 0. The molecule has 0 spiro atoms. The van der Waals surface area contributed by atoms with Gasteiger partial charge in [-0.1, -0.05) is 24.3 Å². The maximum atomic E-state index is 7.23. The third-order valence-corrected chi connectivity index (χ3v) is 1.93. The van der Waals surface area contributed by atoms with Crippen molar-refractivity contribution in [3.05, 3.63) is 35.9 Å². The largest absolute Gasteiger partial charge is 0.478 e. The van der Waals surface area contributed by atoms with E-state index in [1.165, 1.54) is 0 Å². The Morgan fingerprint density at radius 3 is 2.92 bits per heavy atom. The number of fused-ring (bicyclic) bond motifs is 1. The first kappa shape index (κ1) is 7.86. The summed E-state index contributed by atoms with van der Waals surface area (Å²) in [4.78, 5) is 0. The van der Waals surface area contributed by atoms with Gasteiger partial charge in [0.05, 0.1) is 0 Å². The Balaban J connectivity index is 2.34. The minimum atomic E-state index is -0.408. The molecule has 66 valence electrons. The molecule has 1 aromatic rings. The van der Waals surface area contributed by atoms with Crippen molar-refractivity contribution in [2.45, 2.75) is 6.10 Å². The standard InChI is InChI=1S/C10H10N2O/c11-10(12)9-6-5-7-3-1-2-4-8(7)13-9/h1-6,9H,(H3,11,12). The normalized spacial score (nSPS) is 18.9. The third kappa shape index (κ3) is 1.40. The number of benzene rings is 1. The first-order chi connectivity index (χ1) is 6.27. The minimum absolute atomic E-state index is 0.0331. The number of nitrogens with two attached hydrogens (primary N) is 1. The first-order valence-corrected chi connectivity index (χ1v) is 4.05. The van der Waals surface area contributed by atoms with Crippen LogP contribution in [0.3, 0.4) is 0 Å². The number of nitrogens with one attached hydrogen (secondary N) is 1. The zero-order valence-corrected chi connectivity index (χ0v) is 7.03. The Hall–Kier alpha value is -1.77. The van der Waals surface area contributed by atoms with Crippen LogP contribution in [0, 0.1) is 5.41 Å². The van der Waals surface area contributed by atoms with E-state index in [-0.39, 0.29) is 5.84 Å². The van der Waals surface area contributed by atoms with Crippen molar-refractivity contribution in [1.82, 2.24) is 0 Å². The van der Waals surface area contributed by atoms with Crippen molar-refractivity contribution in [2.24, 2.45) is 5.73 Å². The molecule has 1 aliphatic heterocycles. The highest BCUT2D eigenvalue weighted by atomic mass is 16.5. The van der Waals surface area contributed by atoms with E-state index in [1.54, 1.807) is 6.08 Å². The van der Waals surface area contributed by atoms with Crippen molar-refractivity contribution in [2.75, 3.05) is 0 Å². The Labute approximate surface area is 76.3 Å². The van der Waals surface area contributed by atoms with E-state index in [9.17, 15) is 0 Å². The molecule has 0 radical (unpaired) electrons. The summed E-state index contributed by atoms with van der Waals surface area (Å²) in [6.07, 6.45) is 3.30. The Morgan fingerprint density at radius 1 is 1.38 bits per heavy atom. The quantitative estimate of drug-likeness (QED) is 0.499. The molecule has 1 aromatic carbocycles. The highest BCUT2D eigenvalue weighted by Gasteiger charge is 2.15. The Morgan fingerprint density at radius 2 is 2.15 bits per heavy atom. The fourth-order valence-electron chi connectivity index (χ4n) is 1.26. The maximum absolute atomic E-state index is 7.23. The van der Waals surface area contributed by atoms with Gasteiger partial charge in [-0.05, 0) is 12.1 Å². The molecule has 0 bridgehead atoms. The third-order valence-electron chi connectivity index (χ3n) is 1.93. The average molecular weight is 174 g/mol. The van der Waals surface area contributed by atoms with Crippen LogP contribution in [0.25, 0.3) is 6.08 Å². The number of amidine groups is 1. The predicted molar refractivity (Wildman–Crippen MR) is 51.8 cm³/mol. The monoisotopic (exact) mass is 174 g/mol. The molecule has 0 aromatic heterocycles. The molecule has 2 rings (SSSR count). The van der Waals surface area contributed by atoms with Crippen LogP contribution < -0.4 is 10.5 Å². The SMILES string of the molecule is N=C(N)C1C=Cc2ccccc2O1. The molecule has 0 aliphatic carbocycles. The van der Waals surface area contributed by atoms with E-state index in [0.29, 0.717) is 0 Å². The van der Waals surface area contributed by atoms with Gasteiger partial charge in [0, 0.05) is 5.56 Å². The Kier molecular flexibility index (Phi) is 1.77. The van der Waals surface area contributed by atoms with Crippen LogP contribution in [-0.4, -0.2) is 11.9 Å². The van der Waals surface area contributed by atoms with Crippen LogP contribution in [0.1, 0.15) is 5.56 Å². The molecule has 3 heteroatoms. The van der Waals surface area contributed by atoms with Gasteiger partial charge < -0.3 is 10.5 Å². The van der Waals surface area contributed by atoms with Gasteiger partial charge in [0.25, 0.3) is 0 Å². The molecule has 0 amide bonds. The van der Waals surface area contributed by atoms with Gasteiger partial charge >= 0.3 is 0 Å². The molecule has 0 fully saturated rings. The van der Waals surface area contributed by atoms with Gasteiger partial charge in [-0.25, -0.2) is 0 Å². The van der Waals surface area contributed by atoms with Gasteiger partial charge in [-0.2, -0.15) is 0 Å². The number of rotatable bonds is 1. The summed E-state index contributed by atoms with van der Waals surface area (Å²) in [5, 5.41) is 7.23. The zero-order chi connectivity index (χ0) is 9.26. The van der Waals surface area contributed by atoms with E-state index in [1.807, 2.05) is 30.3 Å². The molecule has 3 nitrogen and oxygen atoms in total. The van der Waals surface area contributed by atoms with Gasteiger partial charge in [0.2, 0.25) is 0 Å². The highest BCUT2D eigenvalue weighted by Crippen LogP contribution is 2.24. The van der Waals surface area contributed by atoms with Crippen molar-refractivity contribution >= 4 is 11.9 Å². The molecular weight excluding hydrogens is 164 g/mol. The summed E-state index contributed by atoms with van der Waals surface area (Å²) < 4.78 is 5.46. The van der Waals surface area contributed by atoms with Crippen molar-refractivity contribution in [1.29, 1.82) is 5.41 Å². The van der Waals surface area contributed by atoms with Gasteiger partial charge in [-0.3, -0.25) is 5.41 Å². The van der Waals surface area contributed by atoms with E-state index in [2.05, 4.69) is 0 Å². The highest BCUT2D eigenvalue weighted by molar-refractivity contribution is 5.86. The van der Waals surface area contributed by atoms with E-state index in [4.69, 9.17) is 15.9 Å². The summed E-state index contributed by atoms with van der Waals surface area (Å²) in [6, 6.07) is 7.67. The smallest absolute Gasteiger partial charge is 0.173 e. The van der Waals surface area contributed by atoms with Crippen LogP contribution >= 0.6 is 0 Å². The van der Waals surface area contributed by atoms with Gasteiger partial charge in [0.1, 0.15) is 11.6 Å². The molecule has 1 atom stereocenters. The maximum Gasteiger partial charge on any atom is 0.173 e. The van der Waals surface area contributed by atoms with Crippen molar-refractivity contribution in [3.8, 4) is 5.75 Å². The lowest BCUT2D eigenvalue weighted by Crippen LogP contribution is -2.32. The molecule has 3 N–H and O–H groups in total. The zero-order valence-electron chi connectivity index (χ0n) is 7.03. The summed E-state index contributed by atoms with van der Waals surface area (Å²) in [7, 11) is 0. The van der Waals surface area contributed by atoms with Gasteiger partial charge in [-0.15, -0.1) is 0 Å². The second-order valence-corrected chi connectivity index (χ2v) is 2.89. The van der Waals surface area contributed by atoms with Crippen LogP contribution in [-0.2, 0) is 0 Å². The lowest BCUT2D eigenvalue weighted by molar-refractivity contribution is 0.306. The lowest BCUT2D eigenvalue weighted by atomic mass is 10.1. The summed E-state index contributed by atoms with van der Waals surface area (Å²) in [6.45, 7) is 0. The predicted octanol–water partition coefficient (Wildman–Crippen LogP) is 1.40. The molecule has 1 heterocycles. The van der Waals surface area contributed by atoms with Crippen LogP contribution in [0.4, 0.5) is 0 Å². The molecule has 1 unspecified atom stereocenters. The second-order valence-electron chi connectivity index (χ2n) is 2.89. The Bertz CT molecular complexity index is 371. The second kappa shape index (κ2) is 2.94. The molecular formula is C10H10N2O. The van der Waals surface area contributed by atoms with Crippen LogP contribution in [0.2, 0.25) is 0 Å². The number of ether oxygens (including phenoxy) is 1. The number of hydrogen-bond acceptors (Lipinski definition) is 2. The average Bonchev–Trinajstić information content (AvgIpc) is 2.17. The van der Waals surface area contributed by atoms with E-state index < -0.39 is 6.10 Å². The van der Waals surface area contributed by atoms with E-state index >= 15 is 0 Å². The minimum Gasteiger partial charge on any atom is -0.478 e. The summed E-state index contributed by atoms with van der Waals surface area (Å²) in [5.74, 6) is 0.816. The molecule has 0 saturated carbocycles. The van der Waals surface area contributed by atoms with Gasteiger partial charge in [0.15, 0.2) is 6.10 Å². The number of hydrogen-bond donors (Lipinski definition) is 2. The van der Waals surface area contributed by atoms with E-state index in [0.717, 1.165) is 11.3 Å². The summed E-state index contributed by atoms with van der Waals surface area (Å²) in [5.41, 5.74) is 6.36. The fraction of sp³-hybridized carbons (Fsp3) is 0.100. The fourth-order valence-corrected chi connectivity index (χ4v) is 1.26. The topological polar surface area (TPSA) is 59.1 Å². The van der Waals surface area contributed by atoms with Crippen LogP contribution in [0.5, 0.6) is 5.75 Å². The number of para-hydroxylation sites is 1. The van der Waals surface area contributed by atoms with Crippen molar-refractivity contribution < 1.29 is 4.74 Å². The molecule has 1 aliphatic rings. The molecule has 13 heavy (non-hydrogen) atoms. The lowest BCUT2D eigenvalue weighted by Gasteiger charge is -2.19.